The van der Waals surface area contributed by atoms with Gasteiger partial charge in [-0.05, 0) is 37.1 Å². The van der Waals surface area contributed by atoms with Crippen LogP contribution in [0.15, 0.2) is 22.1 Å². The van der Waals surface area contributed by atoms with Crippen molar-refractivity contribution in [1.82, 2.24) is 0 Å². The number of nitrogens with two attached hydrogens (primary N) is 1. The van der Waals surface area contributed by atoms with Crippen molar-refractivity contribution in [3.05, 3.63) is 23.3 Å². The lowest BCUT2D eigenvalue weighted by Gasteiger charge is -2.14. The first kappa shape index (κ1) is 16.0. The third-order valence-corrected chi connectivity index (χ3v) is 3.54. The number of Topliss-reactive ketones (excluding diaryl/α,β-unsaturated/α-hetero) is 2. The fourth-order valence-electron chi connectivity index (χ4n) is 2.23. The number of aliphatic hydroxyl groups is 1. The van der Waals surface area contributed by atoms with E-state index in [0.717, 1.165) is 11.1 Å². The topological polar surface area (TPSA) is 105 Å². The minimum atomic E-state index is -0.211. The maximum absolute atomic E-state index is 12.1. The molecule has 0 heterocycles. The van der Waals surface area contributed by atoms with Crippen molar-refractivity contribution in [2.75, 3.05) is 18.9 Å². The summed E-state index contributed by atoms with van der Waals surface area (Å²) in [6.07, 6.45) is -0.101. The second-order valence-electron chi connectivity index (χ2n) is 5.31. The van der Waals surface area contributed by atoms with Crippen LogP contribution >= 0.6 is 0 Å². The molecule has 22 heavy (non-hydrogen) atoms. The second kappa shape index (κ2) is 6.62. The van der Waals surface area contributed by atoms with Gasteiger partial charge in [0.15, 0.2) is 11.6 Å². The first-order chi connectivity index (χ1) is 10.4. The minimum Gasteiger partial charge on any atom is -0.399 e. The number of nitrogens with zero attached hydrogens (tertiary/aromatic N) is 2. The highest BCUT2D eigenvalue weighted by Crippen LogP contribution is 2.26. The van der Waals surface area contributed by atoms with Gasteiger partial charge >= 0.3 is 0 Å². The molecule has 0 bridgehead atoms. The van der Waals surface area contributed by atoms with Crippen LogP contribution in [0, 0.1) is 13.8 Å². The van der Waals surface area contributed by atoms with E-state index in [1.165, 1.54) is 0 Å². The summed E-state index contributed by atoms with van der Waals surface area (Å²) in [5.74, 6) is -0.415. The molecule has 1 aliphatic carbocycles. The number of carbonyl (C=O) groups excluding carboxylic acids is 2. The van der Waals surface area contributed by atoms with Crippen molar-refractivity contribution in [3.8, 4) is 0 Å². The summed E-state index contributed by atoms with van der Waals surface area (Å²) in [6, 6.07) is 3.61. The number of aryl methyl sites for hydroxylation is 2. The Labute approximate surface area is 128 Å². The number of benzene rings is 1. The van der Waals surface area contributed by atoms with Gasteiger partial charge in [-0.1, -0.05) is 0 Å². The molecule has 2 rings (SSSR count). The number of nitrogen functional groups attached to an aromatic ring is 1. The van der Waals surface area contributed by atoms with Crippen molar-refractivity contribution < 1.29 is 14.7 Å². The van der Waals surface area contributed by atoms with E-state index >= 15 is 0 Å². The zero-order valence-electron chi connectivity index (χ0n) is 12.7. The van der Waals surface area contributed by atoms with Crippen LogP contribution in [0.1, 0.15) is 24.0 Å². The molecule has 1 aromatic rings. The molecule has 116 valence electrons. The highest BCUT2D eigenvalue weighted by atomic mass is 16.3. The fraction of sp³-hybridized carbons (Fsp3) is 0.375. The van der Waals surface area contributed by atoms with Gasteiger partial charge in [-0.15, -0.1) is 0 Å². The molecule has 1 aromatic carbocycles. The molecule has 6 nitrogen and oxygen atoms in total. The van der Waals surface area contributed by atoms with Crippen molar-refractivity contribution in [3.63, 3.8) is 0 Å². The maximum atomic E-state index is 12.1. The molecule has 1 saturated carbocycles. The molecule has 0 amide bonds. The van der Waals surface area contributed by atoms with Crippen LogP contribution in [-0.4, -0.2) is 41.2 Å². The van der Waals surface area contributed by atoms with Gasteiger partial charge in [0.25, 0.3) is 0 Å². The third kappa shape index (κ3) is 3.46. The predicted molar refractivity (Wildman–Crippen MR) is 86.1 cm³/mol. The Bertz CT molecular complexity index is 690. The number of aliphatic hydroxyl groups excluding tert-OH is 1. The highest BCUT2D eigenvalue weighted by molar-refractivity contribution is 6.60. The molecule has 6 heteroatoms. The van der Waals surface area contributed by atoms with E-state index < -0.39 is 0 Å². The molecule has 0 spiro atoms. The molecule has 1 fully saturated rings. The van der Waals surface area contributed by atoms with Crippen LogP contribution < -0.4 is 5.73 Å². The average Bonchev–Trinajstić information content (AvgIpc) is 2.46. The Kier molecular flexibility index (Phi) is 4.82. The fourth-order valence-corrected chi connectivity index (χ4v) is 2.23. The quantitative estimate of drug-likeness (QED) is 0.821. The second-order valence-corrected chi connectivity index (χ2v) is 5.31. The van der Waals surface area contributed by atoms with E-state index in [9.17, 15) is 9.59 Å². The van der Waals surface area contributed by atoms with E-state index in [2.05, 4.69) is 9.98 Å². The Morgan fingerprint density at radius 2 is 1.73 bits per heavy atom. The normalized spacial score (nSPS) is 19.2. The lowest BCUT2D eigenvalue weighted by molar-refractivity contribution is -0.116. The first-order valence-corrected chi connectivity index (χ1v) is 7.07. The van der Waals surface area contributed by atoms with Gasteiger partial charge in [-0.25, -0.2) is 4.99 Å². The summed E-state index contributed by atoms with van der Waals surface area (Å²) in [5, 5.41) is 8.74. The van der Waals surface area contributed by atoms with Crippen LogP contribution in [0.3, 0.4) is 0 Å². The number of aliphatic imine (C=N–C) groups is 2. The first-order valence-electron chi connectivity index (χ1n) is 7.07. The number of hydrogen-bond acceptors (Lipinski definition) is 6. The molecule has 0 saturated heterocycles. The number of ketones is 2. The number of hydrogen-bond donors (Lipinski definition) is 2. The summed E-state index contributed by atoms with van der Waals surface area (Å²) >= 11 is 0. The molecule has 0 aliphatic heterocycles. The molecular weight excluding hydrogens is 282 g/mol. The monoisotopic (exact) mass is 301 g/mol. The Hall–Kier alpha value is -2.34. The van der Waals surface area contributed by atoms with Crippen molar-refractivity contribution >= 4 is 34.4 Å². The summed E-state index contributed by atoms with van der Waals surface area (Å²) in [6.45, 7) is 3.72. The average molecular weight is 301 g/mol. The van der Waals surface area contributed by atoms with Crippen LogP contribution in [-0.2, 0) is 9.59 Å². The van der Waals surface area contributed by atoms with Crippen molar-refractivity contribution in [1.29, 1.82) is 0 Å². The smallest absolute Gasteiger partial charge is 0.183 e. The largest absolute Gasteiger partial charge is 0.399 e. The van der Waals surface area contributed by atoms with Gasteiger partial charge in [-0.2, -0.15) is 0 Å². The van der Waals surface area contributed by atoms with Gasteiger partial charge in [0.1, 0.15) is 0 Å². The molecule has 0 aromatic heterocycles. The summed E-state index contributed by atoms with van der Waals surface area (Å²) in [4.78, 5) is 32.4. The van der Waals surface area contributed by atoms with Crippen molar-refractivity contribution in [2.24, 2.45) is 9.98 Å². The predicted octanol–water partition coefficient (Wildman–Crippen LogP) is 1.32. The Balaban J connectivity index is 2.29. The molecule has 1 aliphatic rings. The Morgan fingerprint density at radius 1 is 1.09 bits per heavy atom. The van der Waals surface area contributed by atoms with Crippen LogP contribution in [0.5, 0.6) is 0 Å². The number of carbonyl (C=O) groups is 2. The summed E-state index contributed by atoms with van der Waals surface area (Å²) < 4.78 is 0. The maximum Gasteiger partial charge on any atom is 0.183 e. The van der Waals surface area contributed by atoms with Gasteiger partial charge in [0, 0.05) is 5.69 Å². The van der Waals surface area contributed by atoms with Crippen LogP contribution in [0.25, 0.3) is 0 Å². The molecule has 0 atom stereocenters. The SMILES string of the molecule is Cc1cc(N=C2CC(=O)C(=NCCO)CC2=O)c(C)cc1N. The summed E-state index contributed by atoms with van der Waals surface area (Å²) in [7, 11) is 0. The van der Waals surface area contributed by atoms with E-state index in [1.807, 2.05) is 19.9 Å². The zero-order valence-corrected chi connectivity index (χ0v) is 12.7. The van der Waals surface area contributed by atoms with E-state index in [0.29, 0.717) is 11.4 Å². The zero-order chi connectivity index (χ0) is 16.3. The van der Waals surface area contributed by atoms with E-state index in [4.69, 9.17) is 10.8 Å². The standard InChI is InChI=1S/C16H19N3O3/c1-9-6-12(10(2)5-11(9)17)19-14-8-15(21)13(7-16(14)22)18-3-4-20/h5-6,20H,3-4,7-8,17H2,1-2H3. The molecule has 0 radical (unpaired) electrons. The van der Waals surface area contributed by atoms with E-state index in [1.54, 1.807) is 6.07 Å². The minimum absolute atomic E-state index is 0.0496. The third-order valence-electron chi connectivity index (χ3n) is 3.54. The molecular formula is C16H19N3O3. The van der Waals surface area contributed by atoms with Gasteiger partial charge in [0.05, 0.1) is 43.1 Å². The molecule has 3 N–H and O–H groups in total. The Morgan fingerprint density at radius 3 is 2.41 bits per heavy atom. The van der Waals surface area contributed by atoms with Gasteiger partial charge in [0.2, 0.25) is 0 Å². The number of rotatable bonds is 3. The highest BCUT2D eigenvalue weighted by Gasteiger charge is 2.28. The van der Waals surface area contributed by atoms with E-state index in [-0.39, 0.29) is 49.0 Å². The number of anilines is 1. The van der Waals surface area contributed by atoms with Gasteiger partial charge < -0.3 is 10.8 Å². The lowest BCUT2D eigenvalue weighted by Crippen LogP contribution is -2.33. The van der Waals surface area contributed by atoms with Crippen LogP contribution in [0.4, 0.5) is 11.4 Å². The lowest BCUT2D eigenvalue weighted by atomic mass is 9.93. The van der Waals surface area contributed by atoms with Crippen LogP contribution in [0.2, 0.25) is 0 Å². The van der Waals surface area contributed by atoms with Gasteiger partial charge in [-0.3, -0.25) is 14.6 Å². The van der Waals surface area contributed by atoms with Crippen molar-refractivity contribution in [2.45, 2.75) is 26.7 Å². The summed E-state index contributed by atoms with van der Waals surface area (Å²) in [5.41, 5.74) is 9.37. The molecule has 0 unspecified atom stereocenters.